The number of nitrogens with one attached hydrogen (secondary N) is 1. The Hall–Kier alpha value is -1.88. The molecule has 0 fully saturated rings. The number of anilines is 1. The molecule has 1 aromatic carbocycles. The van der Waals surface area contributed by atoms with Crippen LogP contribution in [0.1, 0.15) is 11.1 Å². The second-order valence-corrected chi connectivity index (χ2v) is 4.44. The van der Waals surface area contributed by atoms with E-state index in [1.807, 2.05) is 18.2 Å². The van der Waals surface area contributed by atoms with Gasteiger partial charge in [-0.25, -0.2) is 0 Å². The van der Waals surface area contributed by atoms with Gasteiger partial charge in [-0.1, -0.05) is 12.1 Å². The van der Waals surface area contributed by atoms with Crippen LogP contribution in [-0.2, 0) is 22.4 Å². The Labute approximate surface area is 105 Å². The van der Waals surface area contributed by atoms with Crippen LogP contribution in [0.5, 0.6) is 0 Å². The van der Waals surface area contributed by atoms with E-state index in [1.165, 1.54) is 4.90 Å². The monoisotopic (exact) mass is 248 g/mol. The molecule has 0 unspecified atom stereocenters. The fourth-order valence-electron chi connectivity index (χ4n) is 1.98. The van der Waals surface area contributed by atoms with E-state index in [0.29, 0.717) is 19.4 Å². The van der Waals surface area contributed by atoms with Crippen molar-refractivity contribution in [2.45, 2.75) is 12.8 Å². The van der Waals surface area contributed by atoms with E-state index in [1.54, 1.807) is 7.05 Å². The molecule has 1 aromatic rings. The minimum atomic E-state index is -0.459. The Kier molecular flexibility index (Phi) is 3.62. The second kappa shape index (κ2) is 5.18. The molecule has 0 aromatic heterocycles. The Morgan fingerprint density at radius 2 is 2.28 bits per heavy atom. The smallest absolute Gasteiger partial charge is 0.248 e. The maximum absolute atomic E-state index is 11.2. The maximum Gasteiger partial charge on any atom is 0.248 e. The highest BCUT2D eigenvalue weighted by atomic mass is 16.3. The minimum absolute atomic E-state index is 0.0229. The van der Waals surface area contributed by atoms with E-state index in [0.717, 1.165) is 16.8 Å². The molecule has 1 heterocycles. The van der Waals surface area contributed by atoms with E-state index < -0.39 is 6.61 Å². The zero-order valence-electron chi connectivity index (χ0n) is 10.3. The number of aliphatic hydroxyl groups excluding tert-OH is 1. The number of benzene rings is 1. The van der Waals surface area contributed by atoms with Crippen LogP contribution < -0.4 is 5.32 Å². The molecule has 2 N–H and O–H groups in total. The Morgan fingerprint density at radius 3 is 3.00 bits per heavy atom. The average Bonchev–Trinajstić information content (AvgIpc) is 2.74. The van der Waals surface area contributed by atoms with Crippen LogP contribution in [-0.4, -0.2) is 42.0 Å². The minimum Gasteiger partial charge on any atom is -0.387 e. The first-order valence-electron chi connectivity index (χ1n) is 5.86. The van der Waals surface area contributed by atoms with E-state index in [9.17, 15) is 9.59 Å². The number of carbonyl (C=O) groups is 2. The number of fused-ring (bicyclic) bond motifs is 1. The highest BCUT2D eigenvalue weighted by molar-refractivity contribution is 5.99. The van der Waals surface area contributed by atoms with Crippen LogP contribution in [0.4, 0.5) is 5.69 Å². The van der Waals surface area contributed by atoms with Crippen LogP contribution >= 0.6 is 0 Å². The first-order chi connectivity index (χ1) is 8.60. The lowest BCUT2D eigenvalue weighted by atomic mass is 10.1. The van der Waals surface area contributed by atoms with Gasteiger partial charge in [0.1, 0.15) is 6.61 Å². The molecule has 2 rings (SSSR count). The second-order valence-electron chi connectivity index (χ2n) is 4.44. The Morgan fingerprint density at radius 1 is 1.50 bits per heavy atom. The molecule has 0 aliphatic carbocycles. The number of hydrogen-bond donors (Lipinski definition) is 2. The first-order valence-corrected chi connectivity index (χ1v) is 5.86. The summed E-state index contributed by atoms with van der Waals surface area (Å²) in [5.74, 6) is -0.261. The van der Waals surface area contributed by atoms with Crippen molar-refractivity contribution in [3.63, 3.8) is 0 Å². The third kappa shape index (κ3) is 2.68. The first kappa shape index (κ1) is 12.6. The van der Waals surface area contributed by atoms with Gasteiger partial charge in [0.15, 0.2) is 0 Å². The normalized spacial score (nSPS) is 13.1. The summed E-state index contributed by atoms with van der Waals surface area (Å²) in [6.45, 7) is 0.0959. The molecule has 0 atom stereocenters. The van der Waals surface area contributed by atoms with Crippen molar-refractivity contribution < 1.29 is 14.7 Å². The molecular weight excluding hydrogens is 232 g/mol. The molecule has 5 heteroatoms. The van der Waals surface area contributed by atoms with E-state index in [4.69, 9.17) is 5.11 Å². The third-order valence-electron chi connectivity index (χ3n) is 3.09. The number of amides is 2. The molecule has 5 nitrogen and oxygen atoms in total. The van der Waals surface area contributed by atoms with Gasteiger partial charge in [0.25, 0.3) is 0 Å². The zero-order chi connectivity index (χ0) is 13.1. The highest BCUT2D eigenvalue weighted by Crippen LogP contribution is 2.23. The predicted octanol–water partition coefficient (Wildman–Crippen LogP) is 0.174. The molecule has 1 aliphatic heterocycles. The van der Waals surface area contributed by atoms with Crippen molar-refractivity contribution in [3.8, 4) is 0 Å². The summed E-state index contributed by atoms with van der Waals surface area (Å²) in [6, 6.07) is 5.83. The summed E-state index contributed by atoms with van der Waals surface area (Å²) in [4.78, 5) is 23.9. The van der Waals surface area contributed by atoms with Crippen LogP contribution in [0.3, 0.4) is 0 Å². The van der Waals surface area contributed by atoms with Gasteiger partial charge in [-0.2, -0.15) is 0 Å². The molecule has 0 saturated carbocycles. The lowest BCUT2D eigenvalue weighted by Crippen LogP contribution is -2.31. The topological polar surface area (TPSA) is 69.6 Å². The number of aliphatic hydroxyl groups is 1. The largest absolute Gasteiger partial charge is 0.387 e. The summed E-state index contributed by atoms with van der Waals surface area (Å²) in [7, 11) is 1.66. The molecule has 0 saturated heterocycles. The van der Waals surface area contributed by atoms with Gasteiger partial charge in [0, 0.05) is 19.3 Å². The van der Waals surface area contributed by atoms with Crippen LogP contribution in [0, 0.1) is 0 Å². The van der Waals surface area contributed by atoms with Crippen LogP contribution in [0.25, 0.3) is 0 Å². The number of nitrogens with zero attached hydrogens (tertiary/aromatic N) is 1. The Bertz CT molecular complexity index is 485. The van der Waals surface area contributed by atoms with Crippen LogP contribution in [0.2, 0.25) is 0 Å². The highest BCUT2D eigenvalue weighted by Gasteiger charge is 2.17. The van der Waals surface area contributed by atoms with E-state index in [-0.39, 0.29) is 11.8 Å². The SMILES string of the molecule is CN(CCc1ccc2c(c1)CC(=O)N2)C(=O)CO. The molecule has 0 spiro atoms. The lowest BCUT2D eigenvalue weighted by Gasteiger charge is -2.15. The van der Waals surface area contributed by atoms with Crippen molar-refractivity contribution in [1.29, 1.82) is 0 Å². The average molecular weight is 248 g/mol. The number of likely N-dealkylation sites (N-methyl/N-ethyl adjacent to an activating group) is 1. The van der Waals surface area contributed by atoms with Gasteiger partial charge < -0.3 is 15.3 Å². The van der Waals surface area contributed by atoms with Gasteiger partial charge in [0.05, 0.1) is 6.42 Å². The van der Waals surface area contributed by atoms with Crippen molar-refractivity contribution in [2.24, 2.45) is 0 Å². The third-order valence-corrected chi connectivity index (χ3v) is 3.09. The summed E-state index contributed by atoms with van der Waals surface area (Å²) in [5.41, 5.74) is 2.97. The fraction of sp³-hybridized carbons (Fsp3) is 0.385. The molecule has 0 radical (unpaired) electrons. The van der Waals surface area contributed by atoms with Crippen molar-refractivity contribution >= 4 is 17.5 Å². The summed E-state index contributed by atoms with van der Waals surface area (Å²) in [5, 5.41) is 11.5. The Balaban J connectivity index is 1.97. The molecule has 18 heavy (non-hydrogen) atoms. The van der Waals surface area contributed by atoms with Crippen molar-refractivity contribution in [1.82, 2.24) is 4.90 Å². The van der Waals surface area contributed by atoms with Crippen molar-refractivity contribution in [2.75, 3.05) is 25.5 Å². The zero-order valence-corrected chi connectivity index (χ0v) is 10.3. The van der Waals surface area contributed by atoms with Gasteiger partial charge in [-0.3, -0.25) is 9.59 Å². The van der Waals surface area contributed by atoms with E-state index >= 15 is 0 Å². The summed E-state index contributed by atoms with van der Waals surface area (Å²) < 4.78 is 0. The molecule has 1 aliphatic rings. The summed E-state index contributed by atoms with van der Waals surface area (Å²) >= 11 is 0. The molecule has 2 amide bonds. The van der Waals surface area contributed by atoms with Gasteiger partial charge in [-0.05, 0) is 23.6 Å². The number of rotatable bonds is 4. The predicted molar refractivity (Wildman–Crippen MR) is 67.2 cm³/mol. The standard InChI is InChI=1S/C13H16N2O3/c1-15(13(18)8-16)5-4-9-2-3-11-10(6-9)7-12(17)14-11/h2-3,6,16H,4-5,7-8H2,1H3,(H,14,17). The van der Waals surface area contributed by atoms with Crippen LogP contribution in [0.15, 0.2) is 18.2 Å². The van der Waals surface area contributed by atoms with Gasteiger partial charge in [-0.15, -0.1) is 0 Å². The number of carbonyl (C=O) groups excluding carboxylic acids is 2. The van der Waals surface area contributed by atoms with Gasteiger partial charge in [0.2, 0.25) is 11.8 Å². The fourth-order valence-corrected chi connectivity index (χ4v) is 1.98. The molecular formula is C13H16N2O3. The maximum atomic E-state index is 11.2. The lowest BCUT2D eigenvalue weighted by molar-refractivity contribution is -0.132. The quantitative estimate of drug-likeness (QED) is 0.798. The number of hydrogen-bond acceptors (Lipinski definition) is 3. The summed E-state index contributed by atoms with van der Waals surface area (Å²) in [6.07, 6.45) is 1.14. The molecule has 96 valence electrons. The molecule has 0 bridgehead atoms. The van der Waals surface area contributed by atoms with Crippen molar-refractivity contribution in [3.05, 3.63) is 29.3 Å². The van der Waals surface area contributed by atoms with E-state index in [2.05, 4.69) is 5.32 Å². The van der Waals surface area contributed by atoms with Gasteiger partial charge >= 0.3 is 0 Å².